The van der Waals surface area contributed by atoms with E-state index in [1.54, 1.807) is 0 Å². The zero-order valence-corrected chi connectivity index (χ0v) is 62.8. The molecule has 0 aliphatic heterocycles. The number of allylic oxidation sites excluding steroid dienone is 10. The van der Waals surface area contributed by atoms with Crippen molar-refractivity contribution in [3.63, 3.8) is 0 Å². The highest BCUT2D eigenvalue weighted by Gasteiger charge is 2.30. The molecule has 17 nitrogen and oxygen atoms in total. The van der Waals surface area contributed by atoms with Crippen molar-refractivity contribution in [1.82, 2.24) is 0 Å². The van der Waals surface area contributed by atoms with E-state index < -0.39 is 97.5 Å². The molecule has 96 heavy (non-hydrogen) atoms. The Morgan fingerprint density at radius 2 is 0.542 bits per heavy atom. The van der Waals surface area contributed by atoms with E-state index in [1.807, 2.05) is 0 Å². The van der Waals surface area contributed by atoms with Gasteiger partial charge in [-0.15, -0.1) is 0 Å². The zero-order valence-electron chi connectivity index (χ0n) is 61.1. The summed E-state index contributed by atoms with van der Waals surface area (Å²) in [6, 6.07) is 0. The molecule has 3 N–H and O–H groups in total. The molecule has 0 radical (unpaired) electrons. The quantitative estimate of drug-likeness (QED) is 0.0128. The number of aliphatic hydroxyl groups is 1. The lowest BCUT2D eigenvalue weighted by Gasteiger charge is -2.21. The molecule has 5 atom stereocenters. The van der Waals surface area contributed by atoms with Gasteiger partial charge in [0.15, 0.2) is 12.2 Å². The summed E-state index contributed by atoms with van der Waals surface area (Å²) in [4.78, 5) is 72.8. The molecule has 19 heteroatoms. The normalized spacial score (nSPS) is 14.3. The Morgan fingerprint density at radius 1 is 0.302 bits per heavy atom. The molecule has 0 rings (SSSR count). The number of rotatable bonds is 73. The molecular weight excluding hydrogens is 1260 g/mol. The summed E-state index contributed by atoms with van der Waals surface area (Å²) in [5.41, 5.74) is 0. The van der Waals surface area contributed by atoms with Gasteiger partial charge < -0.3 is 33.8 Å². The number of unbranched alkanes of at least 4 members (excludes halogenated alkanes) is 38. The van der Waals surface area contributed by atoms with Gasteiger partial charge in [0, 0.05) is 25.7 Å². The minimum absolute atomic E-state index is 0.0776. The summed E-state index contributed by atoms with van der Waals surface area (Å²) in [5.74, 6) is -2.19. The van der Waals surface area contributed by atoms with Gasteiger partial charge in [-0.3, -0.25) is 37.3 Å². The van der Waals surface area contributed by atoms with Gasteiger partial charge in [-0.05, 0) is 109 Å². The molecule has 0 heterocycles. The van der Waals surface area contributed by atoms with Gasteiger partial charge in [-0.1, -0.05) is 275 Å². The molecule has 0 aromatic rings. The van der Waals surface area contributed by atoms with Crippen LogP contribution in [0.4, 0.5) is 0 Å². The van der Waals surface area contributed by atoms with E-state index in [4.69, 9.17) is 37.0 Å². The number of carbonyl (C=O) groups excluding carboxylic acids is 4. The third kappa shape index (κ3) is 69.2. The zero-order chi connectivity index (χ0) is 70.4. The minimum Gasteiger partial charge on any atom is -0.462 e. The Labute approximate surface area is 584 Å². The fourth-order valence-corrected chi connectivity index (χ4v) is 12.1. The molecule has 0 aliphatic carbocycles. The molecule has 0 aromatic heterocycles. The van der Waals surface area contributed by atoms with E-state index in [1.165, 1.54) is 128 Å². The van der Waals surface area contributed by atoms with E-state index in [0.717, 1.165) is 141 Å². The fraction of sp³-hybridized carbons (Fsp3) is 0.818. The summed E-state index contributed by atoms with van der Waals surface area (Å²) in [6.45, 7) is 4.82. The van der Waals surface area contributed by atoms with Crippen LogP contribution in [-0.2, 0) is 65.4 Å². The van der Waals surface area contributed by atoms with Crippen LogP contribution in [0.15, 0.2) is 60.8 Å². The van der Waals surface area contributed by atoms with Crippen molar-refractivity contribution in [3.05, 3.63) is 60.8 Å². The monoisotopic (exact) mass is 1400 g/mol. The number of phosphoric ester groups is 2. The maximum absolute atomic E-state index is 13.1. The summed E-state index contributed by atoms with van der Waals surface area (Å²) in [5, 5.41) is 10.6. The minimum atomic E-state index is -4.97. The molecule has 2 unspecified atom stereocenters. The van der Waals surface area contributed by atoms with Crippen LogP contribution in [-0.4, -0.2) is 96.7 Å². The number of ether oxygens (including phenoxy) is 4. The third-order valence-corrected chi connectivity index (χ3v) is 18.4. The van der Waals surface area contributed by atoms with E-state index >= 15 is 0 Å². The standard InChI is InChI=1S/C77H140O17P2/c1-5-9-13-17-21-25-29-33-35-39-42-46-50-54-58-62-75(80)88-68-73(94-77(82)64-60-56-52-48-44-40-36-34-30-26-22-18-14-10-6-2)70-92-96(85,86)90-66-71(78)65-89-95(83,84)91-69-72(93-76(81)63-59-55-51-47-43-38-32-28-24-20-16-12-8-4)67-87-74(79)61-57-53-49-45-41-37-31-27-23-19-15-11-7-3/h21,25-26,28,30,32-36,71-73,78H,5-20,22-24,27,29,31,37-70H2,1-4H3,(H,83,84)(H,85,86)/b25-21-,30-26-,32-28-,35-33-,36-34-/t71-,72+,73+/m0/s1. The van der Waals surface area contributed by atoms with Gasteiger partial charge in [0.25, 0.3) is 0 Å². The van der Waals surface area contributed by atoms with Gasteiger partial charge in [-0.25, -0.2) is 9.13 Å². The van der Waals surface area contributed by atoms with E-state index in [9.17, 15) is 43.2 Å². The fourth-order valence-electron chi connectivity index (χ4n) is 10.5. The van der Waals surface area contributed by atoms with E-state index in [2.05, 4.69) is 88.5 Å². The van der Waals surface area contributed by atoms with E-state index in [-0.39, 0.29) is 25.7 Å². The Morgan fingerprint density at radius 3 is 0.875 bits per heavy atom. The number of hydrogen-bond donors (Lipinski definition) is 3. The maximum atomic E-state index is 13.1. The van der Waals surface area contributed by atoms with Crippen LogP contribution in [0.1, 0.15) is 349 Å². The molecule has 0 aliphatic rings. The lowest BCUT2D eigenvalue weighted by atomic mass is 10.0. The summed E-state index contributed by atoms with van der Waals surface area (Å²) in [7, 11) is -9.94. The van der Waals surface area contributed by atoms with Crippen LogP contribution in [0.2, 0.25) is 0 Å². The van der Waals surface area contributed by atoms with Crippen molar-refractivity contribution in [2.75, 3.05) is 39.6 Å². The Kier molecular flexibility index (Phi) is 67.8. The molecule has 0 spiro atoms. The van der Waals surface area contributed by atoms with Crippen LogP contribution in [0.3, 0.4) is 0 Å². The third-order valence-electron chi connectivity index (χ3n) is 16.5. The second kappa shape index (κ2) is 70.2. The highest BCUT2D eigenvalue weighted by molar-refractivity contribution is 7.47. The number of carbonyl (C=O) groups is 4. The lowest BCUT2D eigenvalue weighted by molar-refractivity contribution is -0.161. The molecule has 0 saturated carbocycles. The second-order valence-corrected chi connectivity index (χ2v) is 28.9. The first-order valence-corrected chi connectivity index (χ1v) is 41.5. The molecule has 0 bridgehead atoms. The molecular formula is C77H140O17P2. The van der Waals surface area contributed by atoms with Crippen molar-refractivity contribution < 1.29 is 80.2 Å². The first-order valence-electron chi connectivity index (χ1n) is 38.5. The van der Waals surface area contributed by atoms with Crippen molar-refractivity contribution in [2.24, 2.45) is 0 Å². The van der Waals surface area contributed by atoms with Crippen LogP contribution in [0.5, 0.6) is 0 Å². The summed E-state index contributed by atoms with van der Waals surface area (Å²) < 4.78 is 68.4. The Balaban J connectivity index is 5.34. The van der Waals surface area contributed by atoms with Gasteiger partial charge >= 0.3 is 39.5 Å². The summed E-state index contributed by atoms with van der Waals surface area (Å²) >= 11 is 0. The van der Waals surface area contributed by atoms with Crippen molar-refractivity contribution >= 4 is 39.5 Å². The van der Waals surface area contributed by atoms with Crippen LogP contribution in [0.25, 0.3) is 0 Å². The lowest BCUT2D eigenvalue weighted by Crippen LogP contribution is -2.30. The predicted octanol–water partition coefficient (Wildman–Crippen LogP) is 21.9. The highest BCUT2D eigenvalue weighted by atomic mass is 31.2. The topological polar surface area (TPSA) is 237 Å². The van der Waals surface area contributed by atoms with Gasteiger partial charge in [0.1, 0.15) is 19.3 Å². The predicted molar refractivity (Wildman–Crippen MR) is 390 cm³/mol. The SMILES string of the molecule is CCCCC/C=C\C/C=C\CCCCCCCC(=O)OC[C@H](COP(=O)(O)OC[C@@H](O)COP(=O)(O)OC[C@@H](COC(=O)CCCCCCCCCCCCCCC)OC(=O)CCCCCCC/C=C\CCCCCC)OC(=O)CCCCCCC/C=C\C=C/CCCCCC. The maximum Gasteiger partial charge on any atom is 0.472 e. The van der Waals surface area contributed by atoms with Gasteiger partial charge in [0.05, 0.1) is 26.4 Å². The number of phosphoric acid groups is 2. The van der Waals surface area contributed by atoms with E-state index in [0.29, 0.717) is 25.7 Å². The van der Waals surface area contributed by atoms with Crippen molar-refractivity contribution in [3.8, 4) is 0 Å². The largest absolute Gasteiger partial charge is 0.472 e. The molecule has 0 saturated heterocycles. The molecule has 0 amide bonds. The first-order chi connectivity index (χ1) is 46.7. The van der Waals surface area contributed by atoms with Crippen LogP contribution in [0, 0.1) is 0 Å². The smallest absolute Gasteiger partial charge is 0.462 e. The number of esters is 4. The number of hydrogen-bond acceptors (Lipinski definition) is 15. The summed E-state index contributed by atoms with van der Waals surface area (Å²) in [6.07, 6.45) is 67.7. The average molecular weight is 1400 g/mol. The highest BCUT2D eigenvalue weighted by Crippen LogP contribution is 2.45. The van der Waals surface area contributed by atoms with Crippen LogP contribution >= 0.6 is 15.6 Å². The Hall–Kier alpha value is -3.24. The Bertz CT molecular complexity index is 2060. The molecule has 0 aromatic carbocycles. The van der Waals surface area contributed by atoms with Gasteiger partial charge in [0.2, 0.25) is 0 Å². The first kappa shape index (κ1) is 92.8. The molecule has 0 fully saturated rings. The second-order valence-electron chi connectivity index (χ2n) is 26.0. The average Bonchev–Trinajstić information content (AvgIpc) is 1.36. The molecule has 560 valence electrons. The van der Waals surface area contributed by atoms with Crippen LogP contribution < -0.4 is 0 Å². The van der Waals surface area contributed by atoms with Crippen molar-refractivity contribution in [1.29, 1.82) is 0 Å². The van der Waals surface area contributed by atoms with Gasteiger partial charge in [-0.2, -0.15) is 0 Å². The van der Waals surface area contributed by atoms with Crippen molar-refractivity contribution in [2.45, 2.75) is 367 Å². The number of aliphatic hydroxyl groups excluding tert-OH is 1.